The van der Waals surface area contributed by atoms with Gasteiger partial charge in [0.05, 0.1) is 7.11 Å². The molecule has 80 valence electrons. The zero-order valence-electron chi connectivity index (χ0n) is 7.28. The van der Waals surface area contributed by atoms with Crippen LogP contribution >= 0.6 is 0 Å². The van der Waals surface area contributed by atoms with Gasteiger partial charge >= 0.3 is 12.1 Å². The van der Waals surface area contributed by atoms with Crippen molar-refractivity contribution in [2.75, 3.05) is 7.11 Å². The van der Waals surface area contributed by atoms with Crippen molar-refractivity contribution in [3.05, 3.63) is 24.3 Å². The molecule has 0 aromatic rings. The number of hydrogen-bond donors (Lipinski definition) is 1. The van der Waals surface area contributed by atoms with Gasteiger partial charge in [0, 0.05) is 6.08 Å². The van der Waals surface area contributed by atoms with Crippen LogP contribution in [0.2, 0.25) is 0 Å². The highest BCUT2D eigenvalue weighted by atomic mass is 19.4. The second-order valence-corrected chi connectivity index (χ2v) is 2.25. The molecule has 0 aliphatic heterocycles. The van der Waals surface area contributed by atoms with Gasteiger partial charge < -0.3 is 9.84 Å². The number of rotatable bonds is 3. The van der Waals surface area contributed by atoms with Crippen LogP contribution in [0.15, 0.2) is 24.3 Å². The fourth-order valence-electron chi connectivity index (χ4n) is 0.481. The largest absolute Gasteiger partial charge is 0.466 e. The van der Waals surface area contributed by atoms with E-state index < -0.39 is 18.2 Å². The Balaban J connectivity index is 4.07. The quantitative estimate of drug-likeness (QED) is 0.432. The lowest BCUT2D eigenvalue weighted by Gasteiger charge is -2.08. The summed E-state index contributed by atoms with van der Waals surface area (Å²) in [5.41, 5.74) is 0. The summed E-state index contributed by atoms with van der Waals surface area (Å²) in [6.45, 7) is 0. The highest BCUT2D eigenvalue weighted by molar-refractivity contribution is 5.82. The predicted octanol–water partition coefficient (Wildman–Crippen LogP) is 1.20. The molecular weight excluding hydrogens is 201 g/mol. The van der Waals surface area contributed by atoms with Crippen LogP contribution in [0, 0.1) is 0 Å². The summed E-state index contributed by atoms with van der Waals surface area (Å²) in [5, 5.41) is 8.45. The number of methoxy groups -OCH3 is 1. The first kappa shape index (κ1) is 12.7. The SMILES string of the molecule is COC(=O)C=CC=CC(O)C(F)(F)F. The Morgan fingerprint density at radius 3 is 2.43 bits per heavy atom. The third-order valence-electron chi connectivity index (χ3n) is 1.17. The number of hydrogen-bond acceptors (Lipinski definition) is 3. The highest BCUT2D eigenvalue weighted by Crippen LogP contribution is 2.20. The molecule has 0 bridgehead atoms. The van der Waals surface area contributed by atoms with Gasteiger partial charge in [0.25, 0.3) is 0 Å². The number of carbonyl (C=O) groups excluding carboxylic acids is 1. The third-order valence-corrected chi connectivity index (χ3v) is 1.17. The van der Waals surface area contributed by atoms with Gasteiger partial charge in [0.2, 0.25) is 0 Å². The molecule has 0 fully saturated rings. The first-order chi connectivity index (χ1) is 6.38. The Hall–Kier alpha value is -1.30. The first-order valence-electron chi connectivity index (χ1n) is 3.55. The molecule has 1 unspecified atom stereocenters. The zero-order chi connectivity index (χ0) is 11.2. The molecule has 0 saturated heterocycles. The van der Waals surface area contributed by atoms with Crippen LogP contribution in [0.1, 0.15) is 0 Å². The average molecular weight is 210 g/mol. The summed E-state index contributed by atoms with van der Waals surface area (Å²) in [6, 6.07) is 0. The molecule has 0 saturated carbocycles. The van der Waals surface area contributed by atoms with Crippen molar-refractivity contribution in [2.24, 2.45) is 0 Å². The summed E-state index contributed by atoms with van der Waals surface area (Å²) in [4.78, 5) is 10.4. The van der Waals surface area contributed by atoms with Gasteiger partial charge in [-0.25, -0.2) is 4.79 Å². The maximum absolute atomic E-state index is 11.7. The number of esters is 1. The minimum Gasteiger partial charge on any atom is -0.466 e. The van der Waals surface area contributed by atoms with Crippen LogP contribution in [0.25, 0.3) is 0 Å². The van der Waals surface area contributed by atoms with Crippen molar-refractivity contribution in [3.8, 4) is 0 Å². The number of alkyl halides is 3. The summed E-state index contributed by atoms with van der Waals surface area (Å²) < 4.78 is 39.2. The Bertz CT molecular complexity index is 243. The molecule has 0 heterocycles. The smallest absolute Gasteiger partial charge is 0.417 e. The molecular formula is C8H9F3O3. The lowest BCUT2D eigenvalue weighted by molar-refractivity contribution is -0.187. The Morgan fingerprint density at radius 1 is 1.43 bits per heavy atom. The van der Waals surface area contributed by atoms with E-state index in [4.69, 9.17) is 5.11 Å². The van der Waals surface area contributed by atoms with Gasteiger partial charge in [0.15, 0.2) is 6.10 Å². The summed E-state index contributed by atoms with van der Waals surface area (Å²) >= 11 is 0. The van der Waals surface area contributed by atoms with E-state index in [0.717, 1.165) is 25.3 Å². The number of ether oxygens (including phenoxy) is 1. The topological polar surface area (TPSA) is 46.5 Å². The standard InChI is InChI=1S/C8H9F3O3/c1-14-7(13)5-3-2-4-6(12)8(9,10)11/h2-6,12H,1H3. The van der Waals surface area contributed by atoms with E-state index in [2.05, 4.69) is 4.74 Å². The van der Waals surface area contributed by atoms with Crippen LogP contribution in [0.3, 0.4) is 0 Å². The van der Waals surface area contributed by atoms with E-state index in [0.29, 0.717) is 6.08 Å². The van der Waals surface area contributed by atoms with Crippen LogP contribution in [0.5, 0.6) is 0 Å². The fourth-order valence-corrected chi connectivity index (χ4v) is 0.481. The molecule has 6 heteroatoms. The molecule has 0 aromatic carbocycles. The lowest BCUT2D eigenvalue weighted by atomic mass is 10.3. The Kier molecular flexibility index (Phi) is 4.93. The van der Waals surface area contributed by atoms with Gasteiger partial charge in [-0.3, -0.25) is 0 Å². The molecule has 0 amide bonds. The average Bonchev–Trinajstić information content (AvgIpc) is 2.09. The number of halogens is 3. The van der Waals surface area contributed by atoms with Crippen molar-refractivity contribution >= 4 is 5.97 Å². The maximum atomic E-state index is 11.7. The van der Waals surface area contributed by atoms with Crippen LogP contribution in [-0.4, -0.2) is 30.5 Å². The number of aliphatic hydroxyl groups excluding tert-OH is 1. The molecule has 0 radical (unpaired) electrons. The molecule has 14 heavy (non-hydrogen) atoms. The van der Waals surface area contributed by atoms with E-state index in [9.17, 15) is 18.0 Å². The predicted molar refractivity (Wildman–Crippen MR) is 42.4 cm³/mol. The fraction of sp³-hybridized carbons (Fsp3) is 0.375. The zero-order valence-corrected chi connectivity index (χ0v) is 7.28. The lowest BCUT2D eigenvalue weighted by Crippen LogP contribution is -2.25. The van der Waals surface area contributed by atoms with Crippen LogP contribution in [0.4, 0.5) is 13.2 Å². The number of carbonyl (C=O) groups is 1. The molecule has 3 nitrogen and oxygen atoms in total. The van der Waals surface area contributed by atoms with Crippen molar-refractivity contribution in [2.45, 2.75) is 12.3 Å². The van der Waals surface area contributed by atoms with Crippen LogP contribution in [-0.2, 0) is 9.53 Å². The van der Waals surface area contributed by atoms with Gasteiger partial charge in [0.1, 0.15) is 0 Å². The molecule has 0 aliphatic rings. The molecule has 1 N–H and O–H groups in total. The maximum Gasteiger partial charge on any atom is 0.417 e. The minimum absolute atomic E-state index is 0.513. The van der Waals surface area contributed by atoms with Crippen molar-refractivity contribution in [1.82, 2.24) is 0 Å². The van der Waals surface area contributed by atoms with Gasteiger partial charge in [-0.1, -0.05) is 12.2 Å². The normalized spacial score (nSPS) is 14.9. The van der Waals surface area contributed by atoms with E-state index in [1.807, 2.05) is 0 Å². The van der Waals surface area contributed by atoms with E-state index in [1.165, 1.54) is 0 Å². The summed E-state index contributed by atoms with van der Waals surface area (Å²) in [6.07, 6.45) is -3.81. The van der Waals surface area contributed by atoms with Gasteiger partial charge in [-0.2, -0.15) is 13.2 Å². The Morgan fingerprint density at radius 2 is 2.00 bits per heavy atom. The van der Waals surface area contributed by atoms with Crippen molar-refractivity contribution < 1.29 is 27.8 Å². The summed E-state index contributed by atoms with van der Waals surface area (Å²) in [7, 11) is 1.14. The van der Waals surface area contributed by atoms with E-state index in [1.54, 1.807) is 0 Å². The Labute approximate surface area is 78.5 Å². The third kappa shape index (κ3) is 5.36. The van der Waals surface area contributed by atoms with E-state index in [-0.39, 0.29) is 0 Å². The van der Waals surface area contributed by atoms with Crippen molar-refractivity contribution in [1.29, 1.82) is 0 Å². The minimum atomic E-state index is -4.68. The highest BCUT2D eigenvalue weighted by Gasteiger charge is 2.35. The number of allylic oxidation sites excluding steroid dienone is 2. The van der Waals surface area contributed by atoms with Crippen molar-refractivity contribution in [3.63, 3.8) is 0 Å². The molecule has 1 atom stereocenters. The van der Waals surface area contributed by atoms with Gasteiger partial charge in [-0.05, 0) is 6.08 Å². The molecule has 0 aromatic heterocycles. The summed E-state index contributed by atoms with van der Waals surface area (Å²) in [5.74, 6) is -0.684. The monoisotopic (exact) mass is 210 g/mol. The molecule has 0 spiro atoms. The first-order valence-corrected chi connectivity index (χ1v) is 3.55. The molecule has 0 aliphatic carbocycles. The second kappa shape index (κ2) is 5.43. The second-order valence-electron chi connectivity index (χ2n) is 2.25. The van der Waals surface area contributed by atoms with Crippen LogP contribution < -0.4 is 0 Å². The van der Waals surface area contributed by atoms with E-state index >= 15 is 0 Å². The number of aliphatic hydroxyl groups is 1. The molecule has 0 rings (SSSR count). The van der Waals surface area contributed by atoms with Gasteiger partial charge in [-0.15, -0.1) is 0 Å².